The maximum absolute atomic E-state index is 13.5. The fourth-order valence-corrected chi connectivity index (χ4v) is 4.24. The van der Waals surface area contributed by atoms with Gasteiger partial charge in [0.15, 0.2) is 0 Å². The van der Waals surface area contributed by atoms with E-state index in [1.54, 1.807) is 25.7 Å². The predicted octanol–water partition coefficient (Wildman–Crippen LogP) is 4.75. The molecule has 1 saturated carbocycles. The number of alkyl halides is 2. The third kappa shape index (κ3) is 3.23. The monoisotopic (exact) mass is 374 g/mol. The van der Waals surface area contributed by atoms with Crippen LogP contribution in [0.2, 0.25) is 0 Å². The third-order valence-electron chi connectivity index (χ3n) is 5.67. The van der Waals surface area contributed by atoms with Crippen LogP contribution in [0.3, 0.4) is 0 Å². The largest absolute Gasteiger partial charge is 0.481 e. The Morgan fingerprint density at radius 1 is 1.41 bits per heavy atom. The second-order valence-electron chi connectivity index (χ2n) is 7.19. The molecular weight excluding hydrogens is 354 g/mol. The molecule has 2 aromatic rings. The van der Waals surface area contributed by atoms with E-state index in [1.807, 2.05) is 10.6 Å². The van der Waals surface area contributed by atoms with Crippen LogP contribution in [0.5, 0.6) is 5.88 Å². The minimum Gasteiger partial charge on any atom is -0.481 e. The van der Waals surface area contributed by atoms with Gasteiger partial charge in [0, 0.05) is 35.4 Å². The molecule has 27 heavy (non-hydrogen) atoms. The first-order valence-electron chi connectivity index (χ1n) is 9.01. The van der Waals surface area contributed by atoms with Gasteiger partial charge in [0.1, 0.15) is 0 Å². The number of rotatable bonds is 5. The van der Waals surface area contributed by atoms with Gasteiger partial charge in [0.05, 0.1) is 37.1 Å². The number of aromatic nitrogens is 3. The molecule has 9 heteroatoms. The smallest absolute Gasteiger partial charge is 0.248 e. The quantitative estimate of drug-likeness (QED) is 0.430. The lowest BCUT2D eigenvalue weighted by Gasteiger charge is -2.33. The van der Waals surface area contributed by atoms with Crippen molar-refractivity contribution < 1.29 is 13.5 Å². The molecule has 0 N–H and O–H groups in total. The molecule has 7 nitrogen and oxygen atoms in total. The summed E-state index contributed by atoms with van der Waals surface area (Å²) < 4.78 is 34.3. The third-order valence-corrected chi connectivity index (χ3v) is 5.67. The van der Waals surface area contributed by atoms with E-state index in [-0.39, 0.29) is 30.8 Å². The van der Waals surface area contributed by atoms with Gasteiger partial charge in [-0.05, 0) is 36.8 Å². The Labute approximate surface area is 155 Å². The summed E-state index contributed by atoms with van der Waals surface area (Å²) in [6, 6.07) is 3.21. The molecule has 0 saturated heterocycles. The van der Waals surface area contributed by atoms with Gasteiger partial charge in [-0.15, -0.1) is 0 Å². The summed E-state index contributed by atoms with van der Waals surface area (Å²) in [7, 11) is 1.56. The number of pyridine rings is 1. The number of nitrogens with zero attached hydrogens (tertiary/aromatic N) is 6. The second kappa shape index (κ2) is 6.81. The van der Waals surface area contributed by atoms with Crippen LogP contribution >= 0.6 is 0 Å². The van der Waals surface area contributed by atoms with Crippen LogP contribution in [0.15, 0.2) is 29.8 Å². The number of hydrogen-bond acceptors (Lipinski definition) is 4. The number of methoxy groups -OCH3 is 1. The van der Waals surface area contributed by atoms with E-state index in [2.05, 4.69) is 20.0 Å². The van der Waals surface area contributed by atoms with Gasteiger partial charge in [-0.3, -0.25) is 0 Å². The van der Waals surface area contributed by atoms with Crippen LogP contribution in [-0.2, 0) is 0 Å². The zero-order valence-electron chi connectivity index (χ0n) is 14.9. The normalized spacial score (nSPS) is 21.8. The van der Waals surface area contributed by atoms with Crippen LogP contribution in [0, 0.1) is 5.92 Å². The van der Waals surface area contributed by atoms with Crippen molar-refractivity contribution >= 4 is 0 Å². The molecule has 1 aliphatic carbocycles. The minimum absolute atomic E-state index is 0.0536. The lowest BCUT2D eigenvalue weighted by Crippen LogP contribution is -2.31. The van der Waals surface area contributed by atoms with E-state index in [0.29, 0.717) is 25.1 Å². The van der Waals surface area contributed by atoms with Crippen molar-refractivity contribution in [1.82, 2.24) is 14.5 Å². The zero-order chi connectivity index (χ0) is 19.0. The highest BCUT2D eigenvalue weighted by atomic mass is 19.3. The summed E-state index contributed by atoms with van der Waals surface area (Å²) >= 11 is 0. The molecule has 0 bridgehead atoms. The topological polar surface area (TPSA) is 88.7 Å². The van der Waals surface area contributed by atoms with E-state index in [4.69, 9.17) is 10.3 Å². The van der Waals surface area contributed by atoms with E-state index in [1.165, 1.54) is 0 Å². The summed E-state index contributed by atoms with van der Waals surface area (Å²) in [6.45, 7) is 0. The summed E-state index contributed by atoms with van der Waals surface area (Å²) in [4.78, 5) is 11.8. The van der Waals surface area contributed by atoms with E-state index in [0.717, 1.165) is 17.0 Å². The fourth-order valence-electron chi connectivity index (χ4n) is 4.24. The molecule has 0 amide bonds. The van der Waals surface area contributed by atoms with Crippen LogP contribution in [-0.4, -0.2) is 33.6 Å². The number of halogens is 2. The highest BCUT2D eigenvalue weighted by Crippen LogP contribution is 2.44. The van der Waals surface area contributed by atoms with Crippen molar-refractivity contribution in [2.75, 3.05) is 7.11 Å². The summed E-state index contributed by atoms with van der Waals surface area (Å²) in [5.41, 5.74) is 11.8. The van der Waals surface area contributed by atoms with Gasteiger partial charge in [0.2, 0.25) is 11.8 Å². The standard InChI is InChI=1S/C18H20F2N6O/c1-27-16-3-2-12-15-9-22-10-26(15)14(17(12)23-16)8-13(24-25-21)11-4-6-18(19,20)7-5-11/h2-3,9-11,13-14H,4-8H2,1H3. The molecule has 1 aliphatic heterocycles. The maximum Gasteiger partial charge on any atom is 0.248 e. The molecule has 0 aromatic carbocycles. The van der Waals surface area contributed by atoms with Crippen LogP contribution < -0.4 is 4.74 Å². The van der Waals surface area contributed by atoms with Gasteiger partial charge < -0.3 is 9.30 Å². The lowest BCUT2D eigenvalue weighted by atomic mass is 9.80. The molecule has 2 atom stereocenters. The maximum atomic E-state index is 13.5. The van der Waals surface area contributed by atoms with Crippen molar-refractivity contribution in [1.29, 1.82) is 0 Å². The summed E-state index contributed by atoms with van der Waals surface area (Å²) in [5, 5.41) is 3.97. The second-order valence-corrected chi connectivity index (χ2v) is 7.19. The first-order valence-corrected chi connectivity index (χ1v) is 9.01. The van der Waals surface area contributed by atoms with Crippen LogP contribution in [0.4, 0.5) is 8.78 Å². The van der Waals surface area contributed by atoms with Crippen molar-refractivity contribution in [3.05, 3.63) is 40.8 Å². The number of fused-ring (bicyclic) bond motifs is 3. The van der Waals surface area contributed by atoms with E-state index < -0.39 is 5.92 Å². The summed E-state index contributed by atoms with van der Waals surface area (Å²) in [5.74, 6) is -2.15. The number of imidazole rings is 1. The predicted molar refractivity (Wildman–Crippen MR) is 94.6 cm³/mol. The van der Waals surface area contributed by atoms with Crippen LogP contribution in [0.1, 0.15) is 43.8 Å². The van der Waals surface area contributed by atoms with Crippen LogP contribution in [0.25, 0.3) is 21.7 Å². The zero-order valence-corrected chi connectivity index (χ0v) is 14.9. The molecule has 2 aromatic heterocycles. The van der Waals surface area contributed by atoms with Crippen molar-refractivity contribution in [3.63, 3.8) is 0 Å². The Balaban J connectivity index is 1.63. The first-order chi connectivity index (χ1) is 13.0. The Morgan fingerprint density at radius 2 is 2.19 bits per heavy atom. The molecule has 4 rings (SSSR count). The highest BCUT2D eigenvalue weighted by molar-refractivity contribution is 5.67. The first kappa shape index (κ1) is 17.7. The average Bonchev–Trinajstić information content (AvgIpc) is 3.23. The number of ether oxygens (including phenoxy) is 1. The average molecular weight is 374 g/mol. The lowest BCUT2D eigenvalue weighted by molar-refractivity contribution is -0.0486. The van der Waals surface area contributed by atoms with Gasteiger partial charge in [-0.25, -0.2) is 18.7 Å². The Bertz CT molecular complexity index is 882. The van der Waals surface area contributed by atoms with Gasteiger partial charge in [-0.2, -0.15) is 0 Å². The van der Waals surface area contributed by atoms with Gasteiger partial charge in [0.25, 0.3) is 0 Å². The van der Waals surface area contributed by atoms with E-state index in [9.17, 15) is 8.78 Å². The van der Waals surface area contributed by atoms with Crippen molar-refractivity contribution in [2.45, 2.75) is 50.1 Å². The Hall–Kier alpha value is -2.67. The molecular formula is C18H20F2N6O. The Morgan fingerprint density at radius 3 is 2.89 bits per heavy atom. The molecule has 2 aliphatic rings. The minimum atomic E-state index is -2.61. The van der Waals surface area contributed by atoms with Gasteiger partial charge in [-0.1, -0.05) is 5.11 Å². The molecule has 3 heterocycles. The van der Waals surface area contributed by atoms with Crippen molar-refractivity contribution in [2.24, 2.45) is 11.0 Å². The Kier molecular flexibility index (Phi) is 4.47. The molecule has 2 unspecified atom stereocenters. The molecule has 0 radical (unpaired) electrons. The van der Waals surface area contributed by atoms with E-state index >= 15 is 0 Å². The number of hydrogen-bond donors (Lipinski definition) is 0. The molecule has 142 valence electrons. The highest BCUT2D eigenvalue weighted by Gasteiger charge is 2.39. The van der Waals surface area contributed by atoms with Crippen molar-refractivity contribution in [3.8, 4) is 17.1 Å². The number of azide groups is 1. The summed E-state index contributed by atoms with van der Waals surface area (Å²) in [6.07, 6.45) is 4.42. The van der Waals surface area contributed by atoms with Gasteiger partial charge >= 0.3 is 0 Å². The molecule has 1 fully saturated rings. The molecule has 0 spiro atoms. The SMILES string of the molecule is COc1ccc2c(n1)C(CC(N=[N+]=[N-])C1CCC(F)(F)CC1)n1cncc1-2. The fraction of sp³-hybridized carbons (Fsp3) is 0.556.